The maximum absolute atomic E-state index is 9.45. The third-order valence-corrected chi connectivity index (χ3v) is 3.22. The summed E-state index contributed by atoms with van der Waals surface area (Å²) in [5.41, 5.74) is 0.543. The summed E-state index contributed by atoms with van der Waals surface area (Å²) in [5.74, 6) is 0.448. The Morgan fingerprint density at radius 2 is 2.31 bits per heavy atom. The van der Waals surface area contributed by atoms with Crippen LogP contribution in [0.4, 0.5) is 5.82 Å². The minimum Gasteiger partial charge on any atom is -0.426 e. The molecule has 2 rings (SSSR count). The lowest BCUT2D eigenvalue weighted by Crippen LogP contribution is -2.09. The Balaban J connectivity index is 2.46. The normalized spacial score (nSPS) is 12.0. The molecule has 0 saturated heterocycles. The van der Waals surface area contributed by atoms with Gasteiger partial charge in [-0.05, 0) is 28.1 Å². The Hall–Kier alpha value is -1.18. The molecule has 84 valence electrons. The Labute approximate surface area is 103 Å². The van der Waals surface area contributed by atoms with Crippen LogP contribution in [0.1, 0.15) is 5.69 Å². The molecular formula is C9H8BrN3O2S. The molecule has 0 amide bonds. The maximum atomic E-state index is 9.45. The highest BCUT2D eigenvalue weighted by atomic mass is 79.9. The summed E-state index contributed by atoms with van der Waals surface area (Å²) < 4.78 is 1.69. The molecule has 2 N–H and O–H groups in total. The zero-order valence-corrected chi connectivity index (χ0v) is 10.4. The fourth-order valence-corrected chi connectivity index (χ4v) is 2.34. The van der Waals surface area contributed by atoms with Crippen LogP contribution in [0, 0.1) is 0 Å². The van der Waals surface area contributed by atoms with Crippen LogP contribution in [0.5, 0.6) is 0 Å². The van der Waals surface area contributed by atoms with Gasteiger partial charge in [-0.15, -0.1) is 0 Å². The van der Waals surface area contributed by atoms with E-state index in [1.165, 1.54) is 17.5 Å². The molecule has 0 bridgehead atoms. The first kappa shape index (κ1) is 11.3. The van der Waals surface area contributed by atoms with Crippen molar-refractivity contribution in [2.75, 3.05) is 0 Å². The van der Waals surface area contributed by atoms with E-state index in [9.17, 15) is 5.21 Å². The zero-order chi connectivity index (χ0) is 11.5. The van der Waals surface area contributed by atoms with Crippen LogP contribution in [-0.2, 0) is 6.61 Å². The van der Waals surface area contributed by atoms with Gasteiger partial charge in [0.15, 0.2) is 5.82 Å². The number of rotatable bonds is 2. The molecule has 0 aliphatic rings. The van der Waals surface area contributed by atoms with E-state index in [-0.39, 0.29) is 6.61 Å². The van der Waals surface area contributed by atoms with Crippen molar-refractivity contribution in [1.82, 2.24) is 9.71 Å². The average Bonchev–Trinajstić information content (AvgIpc) is 2.58. The van der Waals surface area contributed by atoms with Crippen LogP contribution in [-0.4, -0.2) is 20.0 Å². The summed E-state index contributed by atoms with van der Waals surface area (Å²) in [6.07, 6.45) is 1.50. The number of halogens is 1. The van der Waals surface area contributed by atoms with Crippen molar-refractivity contribution in [1.29, 1.82) is 0 Å². The van der Waals surface area contributed by atoms with Crippen molar-refractivity contribution in [3.8, 4) is 0 Å². The van der Waals surface area contributed by atoms with Gasteiger partial charge in [0.25, 0.3) is 0 Å². The first-order valence-electron chi connectivity index (χ1n) is 4.38. The lowest BCUT2D eigenvalue weighted by Gasteiger charge is -1.96. The number of aromatic nitrogens is 2. The first-order chi connectivity index (χ1) is 7.69. The average molecular weight is 302 g/mol. The van der Waals surface area contributed by atoms with E-state index >= 15 is 0 Å². The second-order valence-corrected chi connectivity index (χ2v) is 5.31. The Morgan fingerprint density at radius 3 is 2.94 bits per heavy atom. The highest BCUT2D eigenvalue weighted by Gasteiger charge is 1.99. The molecule has 0 spiro atoms. The molecule has 0 unspecified atom stereocenters. The topological polar surface area (TPSA) is 70.6 Å². The van der Waals surface area contributed by atoms with Gasteiger partial charge in [-0.1, -0.05) is 17.4 Å². The quantitative estimate of drug-likeness (QED) is 0.829. The monoisotopic (exact) mass is 301 g/mol. The van der Waals surface area contributed by atoms with E-state index in [0.717, 1.165) is 8.52 Å². The molecule has 0 aliphatic carbocycles. The fourth-order valence-electron chi connectivity index (χ4n) is 1.10. The van der Waals surface area contributed by atoms with Crippen LogP contribution < -0.4 is 4.80 Å². The van der Waals surface area contributed by atoms with Crippen molar-refractivity contribution in [3.63, 3.8) is 0 Å². The van der Waals surface area contributed by atoms with Crippen molar-refractivity contribution < 1.29 is 10.3 Å². The second kappa shape index (κ2) is 4.77. The van der Waals surface area contributed by atoms with E-state index in [1.807, 2.05) is 0 Å². The number of hydrogen-bond donors (Lipinski definition) is 2. The minimum atomic E-state index is -0.128. The number of hydrogen-bond acceptors (Lipinski definition) is 5. The third kappa shape index (κ3) is 2.49. The van der Waals surface area contributed by atoms with Crippen molar-refractivity contribution >= 4 is 33.1 Å². The van der Waals surface area contributed by atoms with Gasteiger partial charge in [0.2, 0.25) is 4.80 Å². The molecule has 5 nitrogen and oxygen atoms in total. The maximum Gasteiger partial charge on any atom is 0.226 e. The summed E-state index contributed by atoms with van der Waals surface area (Å²) in [4.78, 5) is 8.65. The minimum absolute atomic E-state index is 0.128. The van der Waals surface area contributed by atoms with E-state index in [2.05, 4.69) is 25.9 Å². The molecule has 7 heteroatoms. The molecule has 2 aromatic heterocycles. The molecular weight excluding hydrogens is 294 g/mol. The molecule has 0 saturated carbocycles. The summed E-state index contributed by atoms with van der Waals surface area (Å²) >= 11 is 4.52. The van der Waals surface area contributed by atoms with Gasteiger partial charge < -0.3 is 10.3 Å². The molecule has 0 aromatic carbocycles. The number of nitrogens with zero attached hydrogens (tertiary/aromatic N) is 3. The van der Waals surface area contributed by atoms with Gasteiger partial charge in [-0.3, -0.25) is 0 Å². The van der Waals surface area contributed by atoms with Crippen molar-refractivity contribution in [2.45, 2.75) is 6.61 Å². The molecule has 0 fully saturated rings. The molecule has 0 aliphatic heterocycles. The highest BCUT2D eigenvalue weighted by molar-refractivity contribution is 9.11. The van der Waals surface area contributed by atoms with E-state index < -0.39 is 0 Å². The molecule has 0 atom stereocenters. The van der Waals surface area contributed by atoms with Gasteiger partial charge in [-0.2, -0.15) is 9.72 Å². The van der Waals surface area contributed by atoms with Crippen LogP contribution in [0.2, 0.25) is 0 Å². The van der Waals surface area contributed by atoms with Crippen LogP contribution in [0.25, 0.3) is 0 Å². The van der Waals surface area contributed by atoms with Crippen LogP contribution >= 0.6 is 27.3 Å². The van der Waals surface area contributed by atoms with Gasteiger partial charge in [-0.25, -0.2) is 4.98 Å². The molecule has 2 heterocycles. The summed E-state index contributed by atoms with van der Waals surface area (Å²) in [7, 11) is 0. The summed E-state index contributed by atoms with van der Waals surface area (Å²) in [6.45, 7) is -0.128. The lowest BCUT2D eigenvalue weighted by molar-refractivity contribution is 0.177. The van der Waals surface area contributed by atoms with Crippen molar-refractivity contribution in [2.24, 2.45) is 4.99 Å². The zero-order valence-electron chi connectivity index (χ0n) is 8.04. The van der Waals surface area contributed by atoms with E-state index in [0.29, 0.717) is 16.3 Å². The second-order valence-electron chi connectivity index (χ2n) is 2.92. The third-order valence-electron chi connectivity index (χ3n) is 1.77. The van der Waals surface area contributed by atoms with Gasteiger partial charge in [0.1, 0.15) is 0 Å². The SMILES string of the molecule is OCc1cccc(/N=c2\sc(Br)cn2O)n1. The first-order valence-corrected chi connectivity index (χ1v) is 5.99. The summed E-state index contributed by atoms with van der Waals surface area (Å²) in [6, 6.07) is 5.16. The lowest BCUT2D eigenvalue weighted by atomic mass is 10.3. The van der Waals surface area contributed by atoms with E-state index in [4.69, 9.17) is 5.11 Å². The molecule has 16 heavy (non-hydrogen) atoms. The fraction of sp³-hybridized carbons (Fsp3) is 0.111. The van der Waals surface area contributed by atoms with E-state index in [1.54, 1.807) is 18.2 Å². The van der Waals surface area contributed by atoms with Gasteiger partial charge in [0, 0.05) is 0 Å². The Kier molecular flexibility index (Phi) is 3.37. The molecule has 2 aromatic rings. The smallest absolute Gasteiger partial charge is 0.226 e. The van der Waals surface area contributed by atoms with Crippen molar-refractivity contribution in [3.05, 3.63) is 38.7 Å². The number of pyridine rings is 1. The Bertz CT molecular complexity index is 564. The highest BCUT2D eigenvalue weighted by Crippen LogP contribution is 2.13. The van der Waals surface area contributed by atoms with Crippen LogP contribution in [0.3, 0.4) is 0 Å². The number of thiazole rings is 1. The number of aliphatic hydroxyl groups is 1. The Morgan fingerprint density at radius 1 is 1.50 bits per heavy atom. The van der Waals surface area contributed by atoms with Crippen LogP contribution in [0.15, 0.2) is 33.2 Å². The molecule has 0 radical (unpaired) electrons. The number of aliphatic hydroxyl groups excluding tert-OH is 1. The van der Waals surface area contributed by atoms with Gasteiger partial charge >= 0.3 is 0 Å². The van der Waals surface area contributed by atoms with Gasteiger partial charge in [0.05, 0.1) is 22.3 Å². The largest absolute Gasteiger partial charge is 0.426 e. The predicted molar refractivity (Wildman–Crippen MR) is 62.6 cm³/mol. The summed E-state index contributed by atoms with van der Waals surface area (Å²) in [5, 5.41) is 18.4. The predicted octanol–water partition coefficient (Wildman–Crippen LogP) is 1.67. The standard InChI is InChI=1S/C9H8BrN3O2S/c10-7-4-13(15)9(16-7)12-8-3-1-2-6(5-14)11-8/h1-4,14-15H,5H2/b12-9-.